The summed E-state index contributed by atoms with van der Waals surface area (Å²) in [5.41, 5.74) is -0.00948. The molecule has 2 fully saturated rings. The molecule has 0 unspecified atom stereocenters. The zero-order valence-electron chi connectivity index (χ0n) is 13.5. The Morgan fingerprint density at radius 3 is 2.39 bits per heavy atom. The molecule has 3 rings (SSSR count). The van der Waals surface area contributed by atoms with Crippen LogP contribution in [0.4, 0.5) is 0 Å². The Labute approximate surface area is 139 Å². The summed E-state index contributed by atoms with van der Waals surface area (Å²) in [5.74, 6) is 0. The van der Waals surface area contributed by atoms with E-state index in [1.165, 1.54) is 12.8 Å². The van der Waals surface area contributed by atoms with E-state index in [1.807, 2.05) is 6.07 Å². The maximum atomic E-state index is 12.5. The Bertz CT molecular complexity index is 592. The Balaban J connectivity index is 1.68. The van der Waals surface area contributed by atoms with Gasteiger partial charge in [0.2, 0.25) is 10.0 Å². The minimum atomic E-state index is -3.44. The van der Waals surface area contributed by atoms with Gasteiger partial charge in [0.1, 0.15) is 0 Å². The van der Waals surface area contributed by atoms with E-state index in [-0.39, 0.29) is 5.41 Å². The summed E-state index contributed by atoms with van der Waals surface area (Å²) >= 11 is 0. The molecule has 2 heterocycles. The minimum Gasteiger partial charge on any atom is -0.381 e. The summed E-state index contributed by atoms with van der Waals surface area (Å²) in [6, 6.07) is 8.61. The molecule has 2 aliphatic heterocycles. The number of rotatable bonds is 6. The Hall–Kier alpha value is -0.950. The second-order valence-corrected chi connectivity index (χ2v) is 8.50. The van der Waals surface area contributed by atoms with Crippen LogP contribution in [0.15, 0.2) is 35.2 Å². The van der Waals surface area contributed by atoms with Crippen molar-refractivity contribution < 1.29 is 13.2 Å². The van der Waals surface area contributed by atoms with E-state index < -0.39 is 10.0 Å². The fourth-order valence-electron chi connectivity index (χ4n) is 3.54. The highest BCUT2D eigenvalue weighted by atomic mass is 32.2. The third kappa shape index (κ3) is 4.32. The third-order valence-electron chi connectivity index (χ3n) is 5.00. The van der Waals surface area contributed by atoms with Gasteiger partial charge in [-0.05, 0) is 50.9 Å². The molecular weight excluding hydrogens is 312 g/mol. The number of ether oxygens (including phenoxy) is 1. The standard InChI is InChI=1S/C17H26N2O3S/c20-23(21,16-6-2-1-3-7-16)18-14-17(8-12-22-13-9-17)15-19-10-4-5-11-19/h1-3,6-7,18H,4-5,8-15H2. The normalized spacial score (nSPS) is 22.3. The van der Waals surface area contributed by atoms with Gasteiger partial charge in [-0.2, -0.15) is 0 Å². The van der Waals surface area contributed by atoms with E-state index in [0.29, 0.717) is 11.4 Å². The van der Waals surface area contributed by atoms with Crippen molar-refractivity contribution in [2.75, 3.05) is 39.4 Å². The van der Waals surface area contributed by atoms with Gasteiger partial charge in [0, 0.05) is 31.7 Å². The van der Waals surface area contributed by atoms with E-state index in [2.05, 4.69) is 9.62 Å². The summed E-state index contributed by atoms with van der Waals surface area (Å²) in [4.78, 5) is 2.81. The number of sulfonamides is 1. The fraction of sp³-hybridized carbons (Fsp3) is 0.647. The van der Waals surface area contributed by atoms with Crippen molar-refractivity contribution in [3.8, 4) is 0 Å². The van der Waals surface area contributed by atoms with E-state index in [9.17, 15) is 8.42 Å². The summed E-state index contributed by atoms with van der Waals surface area (Å²) in [6.07, 6.45) is 4.34. The Kier molecular flexibility index (Phi) is 5.36. The predicted molar refractivity (Wildman–Crippen MR) is 89.8 cm³/mol. The molecule has 0 spiro atoms. The summed E-state index contributed by atoms with van der Waals surface area (Å²) < 4.78 is 33.4. The highest BCUT2D eigenvalue weighted by molar-refractivity contribution is 7.89. The molecule has 1 aromatic carbocycles. The molecule has 0 amide bonds. The van der Waals surface area contributed by atoms with Crippen LogP contribution in [0.25, 0.3) is 0 Å². The molecule has 1 aromatic rings. The maximum absolute atomic E-state index is 12.5. The molecule has 23 heavy (non-hydrogen) atoms. The zero-order chi connectivity index (χ0) is 16.2. The molecule has 2 saturated heterocycles. The van der Waals surface area contributed by atoms with Crippen LogP contribution in [-0.4, -0.2) is 52.7 Å². The van der Waals surface area contributed by atoms with Crippen LogP contribution in [0.2, 0.25) is 0 Å². The predicted octanol–water partition coefficient (Wildman–Crippen LogP) is 1.86. The second kappa shape index (κ2) is 7.30. The zero-order valence-corrected chi connectivity index (χ0v) is 14.4. The van der Waals surface area contributed by atoms with Crippen molar-refractivity contribution in [1.82, 2.24) is 9.62 Å². The second-order valence-electron chi connectivity index (χ2n) is 6.73. The van der Waals surface area contributed by atoms with Crippen LogP contribution in [0, 0.1) is 5.41 Å². The molecule has 1 N–H and O–H groups in total. The highest BCUT2D eigenvalue weighted by Crippen LogP contribution is 2.32. The third-order valence-corrected chi connectivity index (χ3v) is 6.42. The molecule has 0 aliphatic carbocycles. The quantitative estimate of drug-likeness (QED) is 0.860. The smallest absolute Gasteiger partial charge is 0.240 e. The topological polar surface area (TPSA) is 58.6 Å². The number of benzene rings is 1. The van der Waals surface area contributed by atoms with Gasteiger partial charge in [0.25, 0.3) is 0 Å². The number of nitrogens with one attached hydrogen (secondary N) is 1. The van der Waals surface area contributed by atoms with E-state index >= 15 is 0 Å². The minimum absolute atomic E-state index is 0.00948. The van der Waals surface area contributed by atoms with Crippen molar-refractivity contribution in [1.29, 1.82) is 0 Å². The van der Waals surface area contributed by atoms with Crippen LogP contribution < -0.4 is 4.72 Å². The van der Waals surface area contributed by atoms with Crippen LogP contribution in [-0.2, 0) is 14.8 Å². The maximum Gasteiger partial charge on any atom is 0.240 e. The number of hydrogen-bond donors (Lipinski definition) is 1. The largest absolute Gasteiger partial charge is 0.381 e. The molecule has 0 aromatic heterocycles. The van der Waals surface area contributed by atoms with Gasteiger partial charge in [-0.3, -0.25) is 0 Å². The van der Waals surface area contributed by atoms with E-state index in [0.717, 1.165) is 45.7 Å². The molecule has 6 heteroatoms. The van der Waals surface area contributed by atoms with Gasteiger partial charge in [0.05, 0.1) is 4.90 Å². The number of hydrogen-bond acceptors (Lipinski definition) is 4. The van der Waals surface area contributed by atoms with Crippen LogP contribution in [0.3, 0.4) is 0 Å². The molecule has 2 aliphatic rings. The first-order valence-electron chi connectivity index (χ1n) is 8.45. The van der Waals surface area contributed by atoms with Gasteiger partial charge in [-0.25, -0.2) is 13.1 Å². The average Bonchev–Trinajstić information content (AvgIpc) is 3.08. The average molecular weight is 338 g/mol. The number of nitrogens with zero attached hydrogens (tertiary/aromatic N) is 1. The molecule has 128 valence electrons. The fourth-order valence-corrected chi connectivity index (χ4v) is 4.72. The highest BCUT2D eigenvalue weighted by Gasteiger charge is 2.36. The van der Waals surface area contributed by atoms with E-state index in [1.54, 1.807) is 24.3 Å². The summed E-state index contributed by atoms with van der Waals surface area (Å²) in [5, 5.41) is 0. The molecular formula is C17H26N2O3S. The van der Waals surface area contributed by atoms with Crippen molar-refractivity contribution in [3.05, 3.63) is 30.3 Å². The summed E-state index contributed by atoms with van der Waals surface area (Å²) in [6.45, 7) is 5.17. The summed E-state index contributed by atoms with van der Waals surface area (Å²) in [7, 11) is -3.44. The monoisotopic (exact) mass is 338 g/mol. The molecule has 0 radical (unpaired) electrons. The lowest BCUT2D eigenvalue weighted by Crippen LogP contribution is -2.47. The number of likely N-dealkylation sites (tertiary alicyclic amines) is 1. The first kappa shape index (κ1) is 16.9. The van der Waals surface area contributed by atoms with Gasteiger partial charge in [-0.15, -0.1) is 0 Å². The Morgan fingerprint density at radius 1 is 1.09 bits per heavy atom. The molecule has 0 saturated carbocycles. The lowest BCUT2D eigenvalue weighted by atomic mass is 9.80. The first-order valence-corrected chi connectivity index (χ1v) is 9.93. The van der Waals surface area contributed by atoms with Crippen molar-refractivity contribution in [2.24, 2.45) is 5.41 Å². The van der Waals surface area contributed by atoms with Gasteiger partial charge in [0.15, 0.2) is 0 Å². The molecule has 0 atom stereocenters. The van der Waals surface area contributed by atoms with Gasteiger partial charge >= 0.3 is 0 Å². The Morgan fingerprint density at radius 2 is 1.74 bits per heavy atom. The SMILES string of the molecule is O=S(=O)(NCC1(CN2CCCC2)CCOCC1)c1ccccc1. The van der Waals surface area contributed by atoms with E-state index in [4.69, 9.17) is 4.74 Å². The van der Waals surface area contributed by atoms with Crippen molar-refractivity contribution in [3.63, 3.8) is 0 Å². The van der Waals surface area contributed by atoms with Crippen LogP contribution >= 0.6 is 0 Å². The van der Waals surface area contributed by atoms with Crippen LogP contribution in [0.5, 0.6) is 0 Å². The molecule has 0 bridgehead atoms. The van der Waals surface area contributed by atoms with Gasteiger partial charge in [-0.1, -0.05) is 18.2 Å². The first-order chi connectivity index (χ1) is 11.1. The van der Waals surface area contributed by atoms with Gasteiger partial charge < -0.3 is 9.64 Å². The van der Waals surface area contributed by atoms with Crippen LogP contribution in [0.1, 0.15) is 25.7 Å². The van der Waals surface area contributed by atoms with Crippen molar-refractivity contribution in [2.45, 2.75) is 30.6 Å². The lowest BCUT2D eigenvalue weighted by Gasteiger charge is -2.40. The molecule has 5 nitrogen and oxygen atoms in total. The lowest BCUT2D eigenvalue weighted by molar-refractivity contribution is 0.00157. The van der Waals surface area contributed by atoms with Crippen molar-refractivity contribution >= 4 is 10.0 Å².